The third-order valence-electron chi connectivity index (χ3n) is 2.99. The number of rotatable bonds is 1. The Morgan fingerprint density at radius 3 is 2.47 bits per heavy atom. The van der Waals surface area contributed by atoms with E-state index in [9.17, 15) is 0 Å². The monoisotopic (exact) mass is 224 g/mol. The molecule has 0 amide bonds. The molecule has 1 aromatic carbocycles. The minimum absolute atomic E-state index is 0.574. The van der Waals surface area contributed by atoms with Crippen LogP contribution in [0, 0.1) is 0 Å². The Balaban J connectivity index is 2.13. The lowest BCUT2D eigenvalue weighted by Crippen LogP contribution is -2.50. The van der Waals surface area contributed by atoms with Gasteiger partial charge in [0.1, 0.15) is 0 Å². The van der Waals surface area contributed by atoms with Crippen molar-refractivity contribution in [2.75, 3.05) is 31.6 Å². The van der Waals surface area contributed by atoms with Gasteiger partial charge in [-0.3, -0.25) is 0 Å². The fraction of sp³-hybridized carbons (Fsp3) is 0.500. The number of anilines is 1. The minimum atomic E-state index is 0.574. The van der Waals surface area contributed by atoms with Gasteiger partial charge in [-0.1, -0.05) is 11.6 Å². The summed E-state index contributed by atoms with van der Waals surface area (Å²) in [5.74, 6) is 0. The molecule has 1 heterocycles. The van der Waals surface area contributed by atoms with Crippen LogP contribution < -0.4 is 4.90 Å². The third-order valence-corrected chi connectivity index (χ3v) is 3.24. The van der Waals surface area contributed by atoms with Crippen molar-refractivity contribution in [3.63, 3.8) is 0 Å². The van der Waals surface area contributed by atoms with Crippen molar-refractivity contribution in [1.29, 1.82) is 0 Å². The molecule has 1 saturated heterocycles. The van der Waals surface area contributed by atoms with Crippen molar-refractivity contribution in [2.45, 2.75) is 13.0 Å². The van der Waals surface area contributed by atoms with E-state index in [1.54, 1.807) is 0 Å². The van der Waals surface area contributed by atoms with E-state index in [1.807, 2.05) is 12.1 Å². The molecule has 1 aliphatic heterocycles. The molecule has 1 atom stereocenters. The molecule has 0 aromatic heterocycles. The van der Waals surface area contributed by atoms with E-state index in [-0.39, 0.29) is 0 Å². The van der Waals surface area contributed by atoms with E-state index in [0.717, 1.165) is 24.7 Å². The molecule has 1 fully saturated rings. The second kappa shape index (κ2) is 4.42. The Labute approximate surface area is 96.4 Å². The van der Waals surface area contributed by atoms with Crippen molar-refractivity contribution in [3.05, 3.63) is 29.3 Å². The largest absolute Gasteiger partial charge is 0.366 e. The second-order valence-electron chi connectivity index (χ2n) is 4.28. The first kappa shape index (κ1) is 10.8. The number of nitrogens with zero attached hydrogens (tertiary/aromatic N) is 2. The van der Waals surface area contributed by atoms with Crippen LogP contribution in [0.3, 0.4) is 0 Å². The van der Waals surface area contributed by atoms with Gasteiger partial charge in [-0.05, 0) is 38.2 Å². The van der Waals surface area contributed by atoms with Gasteiger partial charge in [0.2, 0.25) is 0 Å². The van der Waals surface area contributed by atoms with Crippen LogP contribution in [0.1, 0.15) is 6.92 Å². The zero-order valence-electron chi connectivity index (χ0n) is 9.28. The highest BCUT2D eigenvalue weighted by Gasteiger charge is 2.21. The fourth-order valence-electron chi connectivity index (χ4n) is 2.16. The molecule has 0 bridgehead atoms. The van der Waals surface area contributed by atoms with Gasteiger partial charge < -0.3 is 9.80 Å². The average molecular weight is 225 g/mol. The maximum absolute atomic E-state index is 5.88. The Morgan fingerprint density at radius 2 is 1.87 bits per heavy atom. The predicted molar refractivity (Wildman–Crippen MR) is 65.8 cm³/mol. The molecular formula is C12H17ClN2. The lowest BCUT2D eigenvalue weighted by atomic mass is 10.1. The lowest BCUT2D eigenvalue weighted by molar-refractivity contribution is 0.275. The molecule has 0 N–H and O–H groups in total. The molecule has 82 valence electrons. The van der Waals surface area contributed by atoms with Crippen molar-refractivity contribution >= 4 is 17.3 Å². The molecule has 2 rings (SSSR count). The highest BCUT2D eigenvalue weighted by atomic mass is 35.5. The summed E-state index contributed by atoms with van der Waals surface area (Å²) in [4.78, 5) is 4.81. The molecule has 15 heavy (non-hydrogen) atoms. The minimum Gasteiger partial charge on any atom is -0.366 e. The number of halogens is 1. The van der Waals surface area contributed by atoms with Gasteiger partial charge in [0, 0.05) is 36.4 Å². The molecular weight excluding hydrogens is 208 g/mol. The number of hydrogen-bond donors (Lipinski definition) is 0. The molecule has 2 nitrogen and oxygen atoms in total. The smallest absolute Gasteiger partial charge is 0.0407 e. The van der Waals surface area contributed by atoms with Crippen LogP contribution in [0.5, 0.6) is 0 Å². The van der Waals surface area contributed by atoms with Crippen LogP contribution in [0.2, 0.25) is 5.02 Å². The highest BCUT2D eigenvalue weighted by Crippen LogP contribution is 2.21. The second-order valence-corrected chi connectivity index (χ2v) is 4.72. The lowest BCUT2D eigenvalue weighted by Gasteiger charge is -2.39. The standard InChI is InChI=1S/C12H17ClN2/c1-10-9-14(2)7-8-15(10)12-5-3-11(13)4-6-12/h3-6,10H,7-9H2,1-2H3. The van der Waals surface area contributed by atoms with Crippen LogP contribution in [-0.2, 0) is 0 Å². The summed E-state index contributed by atoms with van der Waals surface area (Å²) in [7, 11) is 2.18. The molecule has 1 aliphatic rings. The first-order valence-electron chi connectivity index (χ1n) is 5.37. The van der Waals surface area contributed by atoms with Gasteiger partial charge in [-0.2, -0.15) is 0 Å². The van der Waals surface area contributed by atoms with E-state index >= 15 is 0 Å². The molecule has 0 aliphatic carbocycles. The Hall–Kier alpha value is -0.730. The Bertz CT molecular complexity index is 323. The predicted octanol–water partition coefficient (Wildman–Crippen LogP) is 2.48. The summed E-state index contributed by atoms with van der Waals surface area (Å²) in [6.45, 7) is 5.62. The van der Waals surface area contributed by atoms with Gasteiger partial charge in [0.25, 0.3) is 0 Å². The average Bonchev–Trinajstić information content (AvgIpc) is 2.20. The zero-order valence-corrected chi connectivity index (χ0v) is 10.0. The normalized spacial score (nSPS) is 23.1. The summed E-state index contributed by atoms with van der Waals surface area (Å²) < 4.78 is 0. The van der Waals surface area contributed by atoms with E-state index in [4.69, 9.17) is 11.6 Å². The maximum Gasteiger partial charge on any atom is 0.0407 e. The Morgan fingerprint density at radius 1 is 1.20 bits per heavy atom. The number of piperazine rings is 1. The molecule has 0 saturated carbocycles. The van der Waals surface area contributed by atoms with Crippen LogP contribution >= 0.6 is 11.6 Å². The van der Waals surface area contributed by atoms with E-state index in [1.165, 1.54) is 5.69 Å². The molecule has 0 radical (unpaired) electrons. The van der Waals surface area contributed by atoms with Gasteiger partial charge in [0.15, 0.2) is 0 Å². The van der Waals surface area contributed by atoms with Gasteiger partial charge >= 0.3 is 0 Å². The summed E-state index contributed by atoms with van der Waals surface area (Å²) in [6, 6.07) is 8.70. The molecule has 1 aromatic rings. The summed E-state index contributed by atoms with van der Waals surface area (Å²) >= 11 is 5.88. The summed E-state index contributed by atoms with van der Waals surface area (Å²) in [5.41, 5.74) is 1.28. The van der Waals surface area contributed by atoms with Crippen molar-refractivity contribution in [3.8, 4) is 0 Å². The topological polar surface area (TPSA) is 6.48 Å². The van der Waals surface area contributed by atoms with Crippen molar-refractivity contribution in [1.82, 2.24) is 4.90 Å². The zero-order chi connectivity index (χ0) is 10.8. The fourth-order valence-corrected chi connectivity index (χ4v) is 2.28. The van der Waals surface area contributed by atoms with E-state index in [2.05, 4.69) is 35.9 Å². The van der Waals surface area contributed by atoms with Crippen LogP contribution in [0.25, 0.3) is 0 Å². The summed E-state index contributed by atoms with van der Waals surface area (Å²) in [6.07, 6.45) is 0. The highest BCUT2D eigenvalue weighted by molar-refractivity contribution is 6.30. The van der Waals surface area contributed by atoms with E-state index < -0.39 is 0 Å². The first-order valence-corrected chi connectivity index (χ1v) is 5.75. The third kappa shape index (κ3) is 2.44. The van der Waals surface area contributed by atoms with Crippen molar-refractivity contribution < 1.29 is 0 Å². The number of benzene rings is 1. The van der Waals surface area contributed by atoms with Gasteiger partial charge in [-0.25, -0.2) is 0 Å². The molecule has 0 spiro atoms. The number of hydrogen-bond acceptors (Lipinski definition) is 2. The van der Waals surface area contributed by atoms with Crippen LogP contribution in [0.4, 0.5) is 5.69 Å². The first-order chi connectivity index (χ1) is 7.16. The SMILES string of the molecule is CC1CN(C)CCN1c1ccc(Cl)cc1. The van der Waals surface area contributed by atoms with Gasteiger partial charge in [0.05, 0.1) is 0 Å². The summed E-state index contributed by atoms with van der Waals surface area (Å²) in [5, 5.41) is 0.806. The molecule has 3 heteroatoms. The van der Waals surface area contributed by atoms with Crippen LogP contribution in [0.15, 0.2) is 24.3 Å². The molecule has 1 unspecified atom stereocenters. The number of likely N-dealkylation sites (N-methyl/N-ethyl adjacent to an activating group) is 1. The quantitative estimate of drug-likeness (QED) is 0.723. The maximum atomic E-state index is 5.88. The van der Waals surface area contributed by atoms with Crippen LogP contribution in [-0.4, -0.2) is 37.6 Å². The Kier molecular flexibility index (Phi) is 3.17. The van der Waals surface area contributed by atoms with Crippen molar-refractivity contribution in [2.24, 2.45) is 0 Å². The van der Waals surface area contributed by atoms with E-state index in [0.29, 0.717) is 6.04 Å². The van der Waals surface area contributed by atoms with Gasteiger partial charge in [-0.15, -0.1) is 0 Å².